The van der Waals surface area contributed by atoms with Gasteiger partial charge in [0.15, 0.2) is 0 Å². The van der Waals surface area contributed by atoms with E-state index in [4.69, 9.17) is 4.74 Å². The second kappa shape index (κ2) is 7.24. The summed E-state index contributed by atoms with van der Waals surface area (Å²) in [4.78, 5) is 23.8. The molecule has 0 bridgehead atoms. The summed E-state index contributed by atoms with van der Waals surface area (Å²) in [5.41, 5.74) is 1.30. The summed E-state index contributed by atoms with van der Waals surface area (Å²) in [6.07, 6.45) is 3.74. The molecule has 1 saturated carbocycles. The number of benzene rings is 1. The largest absolute Gasteiger partial charge is 0.480 e. The second-order valence-corrected chi connectivity index (χ2v) is 9.26. The highest BCUT2D eigenvalue weighted by molar-refractivity contribution is 7.89. The molecule has 1 heterocycles. The predicted molar refractivity (Wildman–Crippen MR) is 98.1 cm³/mol. The number of hydrogen-bond donors (Lipinski definition) is 1. The highest BCUT2D eigenvalue weighted by Gasteiger charge is 2.51. The fourth-order valence-corrected chi connectivity index (χ4v) is 6.62. The van der Waals surface area contributed by atoms with Crippen LogP contribution in [-0.2, 0) is 19.6 Å². The van der Waals surface area contributed by atoms with E-state index in [0.717, 1.165) is 19.3 Å². The summed E-state index contributed by atoms with van der Waals surface area (Å²) in [7, 11) is -2.84. The maximum atomic E-state index is 13.6. The summed E-state index contributed by atoms with van der Waals surface area (Å²) in [6.45, 7) is 3.40. The molecule has 0 amide bonds. The number of hydrogen-bond acceptors (Lipinski definition) is 5. The fraction of sp³-hybridized carbons (Fsp3) is 0.579. The molecular formula is C19H25NO6S. The predicted octanol–water partition coefficient (Wildman–Crippen LogP) is 2.50. The van der Waals surface area contributed by atoms with Crippen LogP contribution in [-0.4, -0.2) is 49.0 Å². The van der Waals surface area contributed by atoms with Crippen LogP contribution in [0.1, 0.15) is 53.6 Å². The lowest BCUT2D eigenvalue weighted by molar-refractivity contribution is -0.141. The number of fused-ring (bicyclic) bond motifs is 1. The van der Waals surface area contributed by atoms with Gasteiger partial charge in [-0.2, -0.15) is 4.31 Å². The van der Waals surface area contributed by atoms with Gasteiger partial charge in [-0.3, -0.25) is 4.79 Å². The minimum absolute atomic E-state index is 0.0135. The monoisotopic (exact) mass is 395 g/mol. The van der Waals surface area contributed by atoms with Crippen LogP contribution >= 0.6 is 0 Å². The van der Waals surface area contributed by atoms with Gasteiger partial charge in [-0.25, -0.2) is 13.2 Å². The minimum Gasteiger partial charge on any atom is -0.480 e. The van der Waals surface area contributed by atoms with Gasteiger partial charge < -0.3 is 9.84 Å². The lowest BCUT2D eigenvalue weighted by Crippen LogP contribution is -2.46. The van der Waals surface area contributed by atoms with E-state index in [9.17, 15) is 23.1 Å². The van der Waals surface area contributed by atoms with Crippen molar-refractivity contribution in [3.8, 4) is 0 Å². The van der Waals surface area contributed by atoms with E-state index in [-0.39, 0.29) is 22.4 Å². The Labute approximate surface area is 159 Å². The van der Waals surface area contributed by atoms with Gasteiger partial charge in [0.1, 0.15) is 6.04 Å². The van der Waals surface area contributed by atoms with Crippen LogP contribution in [0.3, 0.4) is 0 Å². The number of rotatable bonds is 4. The number of methoxy groups -OCH3 is 1. The number of carboxylic acids is 1. The molecule has 1 aromatic carbocycles. The number of sulfonamides is 1. The lowest BCUT2D eigenvalue weighted by Gasteiger charge is -2.32. The van der Waals surface area contributed by atoms with Crippen molar-refractivity contribution in [2.75, 3.05) is 7.11 Å². The number of carbonyl (C=O) groups is 2. The number of carbonyl (C=O) groups excluding carboxylic acids is 1. The number of nitrogens with zero attached hydrogens (tertiary/aromatic N) is 1. The maximum absolute atomic E-state index is 13.6. The Morgan fingerprint density at radius 1 is 1.19 bits per heavy atom. The van der Waals surface area contributed by atoms with Gasteiger partial charge >= 0.3 is 11.9 Å². The van der Waals surface area contributed by atoms with Crippen LogP contribution in [0.25, 0.3) is 0 Å². The molecule has 3 atom stereocenters. The van der Waals surface area contributed by atoms with Crippen molar-refractivity contribution in [3.63, 3.8) is 0 Å². The number of aliphatic carboxylic acids is 1. The van der Waals surface area contributed by atoms with E-state index in [1.54, 1.807) is 19.9 Å². The zero-order valence-corrected chi connectivity index (χ0v) is 16.6. The molecule has 1 saturated heterocycles. The van der Waals surface area contributed by atoms with Crippen LogP contribution in [0.4, 0.5) is 0 Å². The molecule has 1 aliphatic carbocycles. The smallest absolute Gasteiger partial charge is 0.337 e. The molecule has 0 spiro atoms. The summed E-state index contributed by atoms with van der Waals surface area (Å²) in [5.74, 6) is -1.67. The maximum Gasteiger partial charge on any atom is 0.337 e. The molecule has 0 aromatic heterocycles. The molecule has 0 radical (unpaired) electrons. The first-order chi connectivity index (χ1) is 12.7. The molecule has 7 nitrogen and oxygen atoms in total. The van der Waals surface area contributed by atoms with Crippen molar-refractivity contribution in [3.05, 3.63) is 28.8 Å². The molecule has 3 rings (SSSR count). The van der Waals surface area contributed by atoms with E-state index < -0.39 is 28.0 Å². The van der Waals surface area contributed by atoms with Gasteiger partial charge in [0.25, 0.3) is 0 Å². The van der Waals surface area contributed by atoms with Crippen LogP contribution in [0, 0.1) is 19.8 Å². The van der Waals surface area contributed by atoms with Crippen molar-refractivity contribution in [2.24, 2.45) is 5.92 Å². The first-order valence-corrected chi connectivity index (χ1v) is 10.6. The summed E-state index contributed by atoms with van der Waals surface area (Å²) in [5, 5.41) is 9.67. The molecule has 2 fully saturated rings. The van der Waals surface area contributed by atoms with E-state index in [1.165, 1.54) is 17.5 Å². The molecule has 1 aromatic rings. The van der Waals surface area contributed by atoms with Crippen molar-refractivity contribution in [2.45, 2.75) is 62.9 Å². The number of carboxylic acid groups (broad SMARTS) is 1. The number of ether oxygens (including phenoxy) is 1. The van der Waals surface area contributed by atoms with Crippen molar-refractivity contribution >= 4 is 22.0 Å². The zero-order chi connectivity index (χ0) is 19.9. The Bertz CT molecular complexity index is 878. The lowest BCUT2D eigenvalue weighted by atomic mass is 9.85. The molecule has 148 valence electrons. The van der Waals surface area contributed by atoms with Crippen molar-refractivity contribution in [1.82, 2.24) is 4.31 Å². The third kappa shape index (κ3) is 3.36. The number of aryl methyl sites for hydroxylation is 1. The highest BCUT2D eigenvalue weighted by atomic mass is 32.2. The Kier molecular flexibility index (Phi) is 5.31. The van der Waals surface area contributed by atoms with E-state index in [1.807, 2.05) is 0 Å². The van der Waals surface area contributed by atoms with Crippen LogP contribution in [0.5, 0.6) is 0 Å². The topological polar surface area (TPSA) is 101 Å². The average Bonchev–Trinajstić information content (AvgIpc) is 3.03. The normalized spacial score (nSPS) is 25.8. The van der Waals surface area contributed by atoms with Gasteiger partial charge in [-0.1, -0.05) is 12.8 Å². The second-order valence-electron chi connectivity index (χ2n) is 7.44. The van der Waals surface area contributed by atoms with Gasteiger partial charge in [0, 0.05) is 6.04 Å². The first-order valence-electron chi connectivity index (χ1n) is 9.14. The highest BCUT2D eigenvalue weighted by Crippen LogP contribution is 2.43. The average molecular weight is 395 g/mol. The quantitative estimate of drug-likeness (QED) is 0.786. The van der Waals surface area contributed by atoms with Crippen molar-refractivity contribution in [1.29, 1.82) is 0 Å². The zero-order valence-electron chi connectivity index (χ0n) is 15.8. The van der Waals surface area contributed by atoms with E-state index in [2.05, 4.69) is 0 Å². The fourth-order valence-electron chi connectivity index (χ4n) is 4.42. The Morgan fingerprint density at radius 2 is 1.85 bits per heavy atom. The van der Waals surface area contributed by atoms with E-state index in [0.29, 0.717) is 24.0 Å². The molecule has 1 aliphatic heterocycles. The SMILES string of the molecule is COC(=O)c1cc(C)c(C)c(S(=O)(=O)N2C(C(=O)O)CC3CCCCC32)c1. The molecule has 27 heavy (non-hydrogen) atoms. The molecule has 8 heteroatoms. The first kappa shape index (κ1) is 19.8. The Morgan fingerprint density at radius 3 is 2.48 bits per heavy atom. The minimum atomic E-state index is -4.08. The summed E-state index contributed by atoms with van der Waals surface area (Å²) in [6, 6.07) is 1.52. The van der Waals surface area contributed by atoms with Crippen molar-refractivity contribution < 1.29 is 27.9 Å². The summed E-state index contributed by atoms with van der Waals surface area (Å²) >= 11 is 0. The molecule has 1 N–H and O–H groups in total. The van der Waals surface area contributed by atoms with Crippen LogP contribution < -0.4 is 0 Å². The third-order valence-corrected chi connectivity index (χ3v) is 7.97. The van der Waals surface area contributed by atoms with Gasteiger partial charge in [0.2, 0.25) is 10.0 Å². The summed E-state index contributed by atoms with van der Waals surface area (Å²) < 4.78 is 33.0. The van der Waals surface area contributed by atoms with Gasteiger partial charge in [-0.05, 0) is 62.3 Å². The molecular weight excluding hydrogens is 370 g/mol. The van der Waals surface area contributed by atoms with Crippen LogP contribution in [0.15, 0.2) is 17.0 Å². The van der Waals surface area contributed by atoms with Crippen LogP contribution in [0.2, 0.25) is 0 Å². The van der Waals surface area contributed by atoms with Gasteiger partial charge in [-0.15, -0.1) is 0 Å². The van der Waals surface area contributed by atoms with Gasteiger partial charge in [0.05, 0.1) is 17.6 Å². The van der Waals surface area contributed by atoms with E-state index >= 15 is 0 Å². The Balaban J connectivity index is 2.13. The third-order valence-electron chi connectivity index (χ3n) is 5.91. The molecule has 2 aliphatic rings. The Hall–Kier alpha value is -1.93. The number of esters is 1. The standard InChI is InChI=1S/C19H25NO6S/c1-11-8-14(19(23)26-3)10-17(12(11)2)27(24,25)20-15-7-5-4-6-13(15)9-16(20)18(21)22/h8,10,13,15-16H,4-7,9H2,1-3H3,(H,21,22). The molecule has 3 unspecified atom stereocenters.